The number of thiol groups is 1. The number of benzene rings is 1. The molecule has 28 heavy (non-hydrogen) atoms. The van der Waals surface area contributed by atoms with Crippen LogP contribution in [0.1, 0.15) is 102 Å². The summed E-state index contributed by atoms with van der Waals surface area (Å²) in [7, 11) is 0. The Morgan fingerprint density at radius 1 is 0.857 bits per heavy atom. The fourth-order valence-electron chi connectivity index (χ4n) is 3.02. The van der Waals surface area contributed by atoms with Crippen molar-refractivity contribution < 1.29 is 9.53 Å². The summed E-state index contributed by atoms with van der Waals surface area (Å²) >= 11 is 4.11. The molecule has 0 atom stereocenters. The smallest absolute Gasteiger partial charge is 0.310 e. The van der Waals surface area contributed by atoms with E-state index in [-0.39, 0.29) is 5.97 Å². The number of ether oxygens (including phenoxy) is 1. The van der Waals surface area contributed by atoms with Gasteiger partial charge in [-0.05, 0) is 12.0 Å². The zero-order chi connectivity index (χ0) is 20.7. The predicted molar refractivity (Wildman–Crippen MR) is 126 cm³/mol. The van der Waals surface area contributed by atoms with E-state index in [4.69, 9.17) is 0 Å². The normalized spacial score (nSPS) is 10.1. The van der Waals surface area contributed by atoms with Crippen LogP contribution in [0, 0.1) is 0 Å². The summed E-state index contributed by atoms with van der Waals surface area (Å²) in [5.41, 5.74) is 1.27. The van der Waals surface area contributed by atoms with Crippen LogP contribution in [0.2, 0.25) is 0 Å². The lowest BCUT2D eigenvalue weighted by atomic mass is 10.0. The third-order valence-corrected chi connectivity index (χ3v) is 5.09. The molecule has 0 aliphatic rings. The molecule has 0 heterocycles. The van der Waals surface area contributed by atoms with Gasteiger partial charge in [-0.25, -0.2) is 0 Å². The fraction of sp³-hybridized carbons (Fsp3) is 0.640. The van der Waals surface area contributed by atoms with Crippen LogP contribution >= 0.6 is 12.6 Å². The second-order valence-electron chi connectivity index (χ2n) is 7.29. The fourth-order valence-corrected chi connectivity index (χ4v) is 3.23. The molecule has 0 amide bonds. The maximum atomic E-state index is 11.1. The Morgan fingerprint density at radius 3 is 1.71 bits per heavy atom. The Balaban J connectivity index is 0.000000749. The Bertz CT molecular complexity index is 459. The van der Waals surface area contributed by atoms with Crippen molar-refractivity contribution in [3.63, 3.8) is 0 Å². The van der Waals surface area contributed by atoms with Gasteiger partial charge in [-0.2, -0.15) is 12.6 Å². The van der Waals surface area contributed by atoms with Crippen LogP contribution in [0.4, 0.5) is 0 Å². The Kier molecular flexibility index (Phi) is 21.1. The largest absolute Gasteiger partial charge is 0.435 e. The third-order valence-electron chi connectivity index (χ3n) is 4.72. The first-order valence-corrected chi connectivity index (χ1v) is 11.8. The molecule has 0 saturated heterocycles. The maximum absolute atomic E-state index is 11.1. The first kappa shape index (κ1) is 26.8. The maximum Gasteiger partial charge on any atom is 0.310 e. The lowest BCUT2D eigenvalue weighted by Crippen LogP contribution is -1.98. The zero-order valence-electron chi connectivity index (χ0n) is 18.0. The molecule has 0 aromatic heterocycles. The highest BCUT2D eigenvalue weighted by molar-refractivity contribution is 7.79. The Morgan fingerprint density at radius 2 is 1.32 bits per heavy atom. The molecule has 1 aromatic carbocycles. The minimum absolute atomic E-state index is 0.150. The van der Waals surface area contributed by atoms with Crippen LogP contribution in [0.3, 0.4) is 0 Å². The summed E-state index contributed by atoms with van der Waals surface area (Å²) in [6.45, 7) is 5.64. The number of esters is 1. The molecule has 160 valence electrons. The van der Waals surface area contributed by atoms with Gasteiger partial charge in [0.2, 0.25) is 0 Å². The van der Waals surface area contributed by atoms with Gasteiger partial charge in [-0.3, -0.25) is 4.79 Å². The highest BCUT2D eigenvalue weighted by atomic mass is 32.1. The first-order chi connectivity index (χ1) is 13.7. The molecule has 0 aliphatic heterocycles. The van der Waals surface area contributed by atoms with Crippen LogP contribution in [-0.4, -0.2) is 5.97 Å². The van der Waals surface area contributed by atoms with E-state index in [1.54, 1.807) is 0 Å². The summed E-state index contributed by atoms with van der Waals surface area (Å²) in [6.07, 6.45) is 19.0. The molecule has 0 radical (unpaired) electrons. The minimum atomic E-state index is -0.150. The Labute approximate surface area is 179 Å². The van der Waals surface area contributed by atoms with Crippen LogP contribution in [0.25, 0.3) is 0 Å². The number of carbonyl (C=O) groups excluding carboxylic acids is 1. The monoisotopic (exact) mass is 406 g/mol. The number of rotatable bonds is 16. The molecule has 0 bridgehead atoms. The van der Waals surface area contributed by atoms with Gasteiger partial charge in [0.05, 0.1) is 6.26 Å². The van der Waals surface area contributed by atoms with Gasteiger partial charge in [-0.1, -0.05) is 121 Å². The van der Waals surface area contributed by atoms with Gasteiger partial charge < -0.3 is 4.74 Å². The van der Waals surface area contributed by atoms with E-state index in [9.17, 15) is 4.79 Å². The van der Waals surface area contributed by atoms with Crippen molar-refractivity contribution in [2.45, 2.75) is 103 Å². The van der Waals surface area contributed by atoms with E-state index >= 15 is 0 Å². The molecular formula is C25H42O2S. The van der Waals surface area contributed by atoms with E-state index < -0.39 is 0 Å². The van der Waals surface area contributed by atoms with E-state index in [1.165, 1.54) is 82.5 Å². The van der Waals surface area contributed by atoms with Gasteiger partial charge in [0.15, 0.2) is 0 Å². The second-order valence-corrected chi connectivity index (χ2v) is 7.61. The van der Waals surface area contributed by atoms with Crippen LogP contribution in [-0.2, 0) is 15.3 Å². The van der Waals surface area contributed by atoms with E-state index in [2.05, 4.69) is 43.0 Å². The van der Waals surface area contributed by atoms with Crippen molar-refractivity contribution in [3.05, 3.63) is 48.7 Å². The lowest BCUT2D eigenvalue weighted by molar-refractivity contribution is -0.138. The topological polar surface area (TPSA) is 26.3 Å². The van der Waals surface area contributed by atoms with E-state index in [0.29, 0.717) is 6.42 Å². The SMILES string of the molecule is C=COC(=O)CCCCCCCCCCCCCCC.SCc1ccccc1. The molecule has 0 fully saturated rings. The Hall–Kier alpha value is -1.22. The number of unbranched alkanes of at least 4 members (excludes halogenated alkanes) is 12. The molecule has 1 rings (SSSR count). The van der Waals surface area contributed by atoms with E-state index in [0.717, 1.165) is 18.6 Å². The molecule has 0 unspecified atom stereocenters. The standard InChI is InChI=1S/C18H34O2.C7H8S/c1-3-5-6-7-8-9-10-11-12-13-14-15-16-17-18(19)20-4-2;8-6-7-4-2-1-3-5-7/h4H,2-3,5-17H2,1H3;1-5,8H,6H2. The first-order valence-electron chi connectivity index (χ1n) is 11.2. The summed E-state index contributed by atoms with van der Waals surface area (Å²) in [4.78, 5) is 11.1. The molecular weight excluding hydrogens is 364 g/mol. The predicted octanol–water partition coefficient (Wildman–Crippen LogP) is 8.27. The molecule has 3 heteroatoms. The second kappa shape index (κ2) is 22.1. The molecule has 0 spiro atoms. The molecule has 0 N–H and O–H groups in total. The van der Waals surface area contributed by atoms with Gasteiger partial charge in [-0.15, -0.1) is 0 Å². The molecule has 0 saturated carbocycles. The van der Waals surface area contributed by atoms with Crippen molar-refractivity contribution in [2.75, 3.05) is 0 Å². The van der Waals surface area contributed by atoms with E-state index in [1.807, 2.05) is 18.2 Å². The van der Waals surface area contributed by atoms with Gasteiger partial charge in [0.25, 0.3) is 0 Å². The number of hydrogen-bond acceptors (Lipinski definition) is 3. The van der Waals surface area contributed by atoms with Crippen LogP contribution in [0.15, 0.2) is 43.2 Å². The van der Waals surface area contributed by atoms with Gasteiger partial charge >= 0.3 is 5.97 Å². The zero-order valence-corrected chi connectivity index (χ0v) is 18.9. The van der Waals surface area contributed by atoms with Crippen molar-refractivity contribution in [3.8, 4) is 0 Å². The summed E-state index contributed by atoms with van der Waals surface area (Å²) in [6, 6.07) is 10.2. The average Bonchev–Trinajstić information content (AvgIpc) is 2.72. The van der Waals surface area contributed by atoms with Crippen molar-refractivity contribution in [1.29, 1.82) is 0 Å². The van der Waals surface area contributed by atoms with Crippen LogP contribution in [0.5, 0.6) is 0 Å². The van der Waals surface area contributed by atoms with Crippen molar-refractivity contribution >= 4 is 18.6 Å². The summed E-state index contributed by atoms with van der Waals surface area (Å²) in [5, 5.41) is 0. The lowest BCUT2D eigenvalue weighted by Gasteiger charge is -2.03. The highest BCUT2D eigenvalue weighted by Gasteiger charge is 2.00. The van der Waals surface area contributed by atoms with Crippen molar-refractivity contribution in [2.24, 2.45) is 0 Å². The molecule has 2 nitrogen and oxygen atoms in total. The number of hydrogen-bond donors (Lipinski definition) is 1. The quantitative estimate of drug-likeness (QED) is 0.129. The van der Waals surface area contributed by atoms with Crippen molar-refractivity contribution in [1.82, 2.24) is 0 Å². The van der Waals surface area contributed by atoms with Gasteiger partial charge in [0, 0.05) is 12.2 Å². The average molecular weight is 407 g/mol. The summed E-state index contributed by atoms with van der Waals surface area (Å²) < 4.78 is 4.67. The molecule has 0 aliphatic carbocycles. The third kappa shape index (κ3) is 19.5. The minimum Gasteiger partial charge on any atom is -0.435 e. The summed E-state index contributed by atoms with van der Waals surface area (Å²) in [5.74, 6) is 0.684. The molecule has 1 aromatic rings. The van der Waals surface area contributed by atoms with Gasteiger partial charge in [0.1, 0.15) is 0 Å². The highest BCUT2D eigenvalue weighted by Crippen LogP contribution is 2.13. The number of carbonyl (C=O) groups is 1. The van der Waals surface area contributed by atoms with Crippen LogP contribution < -0.4 is 0 Å².